The summed E-state index contributed by atoms with van der Waals surface area (Å²) in [7, 11) is -1.05. The number of benzene rings is 6. The van der Waals surface area contributed by atoms with Crippen molar-refractivity contribution in [3.05, 3.63) is 181 Å². The molecule has 0 radical (unpaired) electrons. The SMILES string of the molecule is C=P(C1=CCCC=C1)(c1ccccc1)c1ccc2c3ccc(P(c4ccccc4)P(C)c4ccccc4)cc3n(-c3ccccc3)c2c1. The fourth-order valence-electron chi connectivity index (χ4n) is 7.06. The number of hydrogen-bond acceptors (Lipinski definition) is 0. The zero-order valence-corrected chi connectivity index (χ0v) is 29.8. The molecule has 0 bridgehead atoms. The Balaban J connectivity index is 1.38. The van der Waals surface area contributed by atoms with Gasteiger partial charge >= 0.3 is 0 Å². The molecule has 0 fully saturated rings. The number of aromatic nitrogens is 1. The second kappa shape index (κ2) is 13.3. The van der Waals surface area contributed by atoms with Crippen LogP contribution in [0.25, 0.3) is 27.5 Å². The molecule has 1 aromatic heterocycles. The number of fused-ring (bicyclic) bond motifs is 3. The van der Waals surface area contributed by atoms with E-state index in [0.717, 1.165) is 12.8 Å². The highest BCUT2D eigenvalue weighted by atomic mass is 32.1. The van der Waals surface area contributed by atoms with Gasteiger partial charge in [-0.05, 0) is 97.7 Å². The first-order chi connectivity index (χ1) is 23.6. The molecule has 0 amide bonds. The maximum absolute atomic E-state index is 5.10. The van der Waals surface area contributed by atoms with Crippen molar-refractivity contribution in [1.29, 1.82) is 0 Å². The minimum atomic E-state index is -2.10. The molecule has 0 spiro atoms. The van der Waals surface area contributed by atoms with Crippen molar-refractivity contribution in [1.82, 2.24) is 4.57 Å². The minimum absolute atomic E-state index is 0.450. The van der Waals surface area contributed by atoms with E-state index in [1.165, 1.54) is 59.3 Å². The van der Waals surface area contributed by atoms with E-state index >= 15 is 0 Å². The summed E-state index contributed by atoms with van der Waals surface area (Å²) >= 11 is 0. The van der Waals surface area contributed by atoms with E-state index in [2.05, 4.69) is 187 Å². The van der Waals surface area contributed by atoms with Gasteiger partial charge in [0.05, 0.1) is 11.0 Å². The van der Waals surface area contributed by atoms with Gasteiger partial charge in [-0.3, -0.25) is 0 Å². The average molecular weight is 674 g/mol. The van der Waals surface area contributed by atoms with E-state index in [0.29, 0.717) is 0 Å². The van der Waals surface area contributed by atoms with Crippen LogP contribution in [0.5, 0.6) is 0 Å². The minimum Gasteiger partial charge on any atom is -0.309 e. The normalized spacial score (nSPS) is 15.6. The highest BCUT2D eigenvalue weighted by Crippen LogP contribution is 2.64. The van der Waals surface area contributed by atoms with Crippen LogP contribution in [-0.2, 0) is 0 Å². The zero-order chi connectivity index (χ0) is 32.5. The fourth-order valence-corrected chi connectivity index (χ4v) is 16.8. The Bertz CT molecular complexity index is 2320. The third-order valence-electron chi connectivity index (χ3n) is 9.48. The smallest absolute Gasteiger partial charge is 0.0547 e. The Morgan fingerprint density at radius 3 is 1.79 bits per heavy atom. The third-order valence-corrected chi connectivity index (χ3v) is 20.1. The number of para-hydroxylation sites is 1. The topological polar surface area (TPSA) is 4.93 Å². The van der Waals surface area contributed by atoms with Crippen LogP contribution in [0.4, 0.5) is 0 Å². The van der Waals surface area contributed by atoms with Crippen LogP contribution in [0.2, 0.25) is 0 Å². The van der Waals surface area contributed by atoms with Crippen LogP contribution in [0.15, 0.2) is 181 Å². The van der Waals surface area contributed by atoms with Crippen molar-refractivity contribution in [2.24, 2.45) is 0 Å². The van der Waals surface area contributed by atoms with Gasteiger partial charge in [0.25, 0.3) is 0 Å². The monoisotopic (exact) mass is 673 g/mol. The maximum atomic E-state index is 5.10. The fraction of sp³-hybridized carbons (Fsp3) is 0.0682. The predicted octanol–water partition coefficient (Wildman–Crippen LogP) is 10.2. The van der Waals surface area contributed by atoms with Gasteiger partial charge in [-0.15, -0.1) is 0 Å². The average Bonchev–Trinajstić information content (AvgIpc) is 3.49. The lowest BCUT2D eigenvalue weighted by atomic mass is 10.1. The lowest BCUT2D eigenvalue weighted by molar-refractivity contribution is 1.03. The van der Waals surface area contributed by atoms with Gasteiger partial charge in [-0.2, -0.15) is 0 Å². The number of rotatable bonds is 8. The molecular formula is C44H38NP3. The molecule has 48 heavy (non-hydrogen) atoms. The standard InChI is InChI=1S/C44H38NP3/c1-46(35-20-10-4-11-21-35)47(36-22-12-5-13-23-36)37-28-30-41-42-31-29-40(33-44(42)45(43(41)32-37)34-18-8-3-9-19-34)48(2,38-24-14-6-15-25-38)39-26-16-7-17-27-39/h3-6,8-16,18-33H,2,7,17H2,1H3. The van der Waals surface area contributed by atoms with Crippen LogP contribution >= 0.6 is 22.1 Å². The summed E-state index contributed by atoms with van der Waals surface area (Å²) in [5.74, 6) is 0. The second-order valence-electron chi connectivity index (χ2n) is 12.3. The summed E-state index contributed by atoms with van der Waals surface area (Å²) in [6, 6.07) is 58.6. The molecule has 1 heterocycles. The lowest BCUT2D eigenvalue weighted by Crippen LogP contribution is -2.18. The molecule has 234 valence electrons. The molecule has 3 unspecified atom stereocenters. The van der Waals surface area contributed by atoms with Crippen LogP contribution in [-0.4, -0.2) is 17.5 Å². The van der Waals surface area contributed by atoms with Gasteiger partial charge in [0.1, 0.15) is 0 Å². The molecule has 6 aromatic carbocycles. The summed E-state index contributed by atoms with van der Waals surface area (Å²) in [5, 5.41) is 10.9. The molecule has 0 aliphatic heterocycles. The molecule has 0 saturated carbocycles. The predicted molar refractivity (Wildman–Crippen MR) is 219 cm³/mol. The number of allylic oxidation sites excluding steroid dienone is 4. The van der Waals surface area contributed by atoms with Crippen molar-refractivity contribution in [3.63, 3.8) is 0 Å². The number of hydrogen-bond donors (Lipinski definition) is 0. The number of nitrogens with zero attached hydrogens (tertiary/aromatic N) is 1. The van der Waals surface area contributed by atoms with E-state index in [1.807, 2.05) is 0 Å². The second-order valence-corrected chi connectivity index (χ2v) is 21.7. The molecule has 1 aliphatic carbocycles. The quantitative estimate of drug-likeness (QED) is 0.142. The Morgan fingerprint density at radius 2 is 1.15 bits per heavy atom. The Hall–Kier alpha value is -4.24. The summed E-state index contributed by atoms with van der Waals surface area (Å²) in [6.45, 7) is 0.356. The van der Waals surface area contributed by atoms with Gasteiger partial charge < -0.3 is 4.57 Å². The summed E-state index contributed by atoms with van der Waals surface area (Å²) in [5.41, 5.74) is 3.68. The van der Waals surface area contributed by atoms with Crippen LogP contribution < -0.4 is 26.5 Å². The van der Waals surface area contributed by atoms with Crippen molar-refractivity contribution in [2.75, 3.05) is 6.66 Å². The van der Waals surface area contributed by atoms with Gasteiger partial charge in [0, 0.05) is 16.5 Å². The third kappa shape index (κ3) is 5.55. The first-order valence-corrected chi connectivity index (χ1v) is 22.4. The van der Waals surface area contributed by atoms with Crippen LogP contribution in [0.1, 0.15) is 12.8 Å². The molecule has 4 heteroatoms. The summed E-state index contributed by atoms with van der Waals surface area (Å²) in [4.78, 5) is 0. The van der Waals surface area contributed by atoms with E-state index in [4.69, 9.17) is 6.30 Å². The zero-order valence-electron chi connectivity index (χ0n) is 27.2. The molecule has 1 aliphatic rings. The molecule has 1 nitrogen and oxygen atoms in total. The molecule has 0 N–H and O–H groups in total. The molecule has 8 rings (SSSR count). The summed E-state index contributed by atoms with van der Waals surface area (Å²) < 4.78 is 2.50. The van der Waals surface area contributed by atoms with E-state index in [1.54, 1.807) is 0 Å². The van der Waals surface area contributed by atoms with Gasteiger partial charge in [0.15, 0.2) is 0 Å². The van der Waals surface area contributed by atoms with Gasteiger partial charge in [-0.1, -0.05) is 158 Å². The first kappa shape index (κ1) is 31.1. The highest BCUT2D eigenvalue weighted by molar-refractivity contribution is 8.38. The molecule has 7 aromatic rings. The Kier molecular flexibility index (Phi) is 8.63. The van der Waals surface area contributed by atoms with Gasteiger partial charge in [-0.25, -0.2) is 0 Å². The Morgan fingerprint density at radius 1 is 0.562 bits per heavy atom. The van der Waals surface area contributed by atoms with Gasteiger partial charge in [0.2, 0.25) is 0 Å². The molecule has 3 atom stereocenters. The first-order valence-electron chi connectivity index (χ1n) is 16.6. The Labute approximate surface area is 286 Å². The summed E-state index contributed by atoms with van der Waals surface area (Å²) in [6.07, 6.45) is 14.4. The van der Waals surface area contributed by atoms with Crippen LogP contribution in [0.3, 0.4) is 0 Å². The van der Waals surface area contributed by atoms with Crippen LogP contribution in [0, 0.1) is 0 Å². The lowest BCUT2D eigenvalue weighted by Gasteiger charge is -2.29. The van der Waals surface area contributed by atoms with Crippen molar-refractivity contribution < 1.29 is 0 Å². The maximum Gasteiger partial charge on any atom is 0.0547 e. The van der Waals surface area contributed by atoms with E-state index in [9.17, 15) is 0 Å². The molecule has 0 saturated heterocycles. The largest absolute Gasteiger partial charge is 0.309 e. The van der Waals surface area contributed by atoms with E-state index in [-0.39, 0.29) is 0 Å². The van der Waals surface area contributed by atoms with E-state index < -0.39 is 22.1 Å². The highest BCUT2D eigenvalue weighted by Gasteiger charge is 2.27. The molecular weight excluding hydrogens is 635 g/mol. The van der Waals surface area contributed by atoms with Crippen molar-refractivity contribution >= 4 is 76.7 Å². The van der Waals surface area contributed by atoms with Crippen molar-refractivity contribution in [2.45, 2.75) is 12.8 Å². The van der Waals surface area contributed by atoms with Crippen molar-refractivity contribution in [3.8, 4) is 5.69 Å².